The number of aliphatic hydroxyl groups is 2. The predicted octanol–water partition coefficient (Wildman–Crippen LogP) is 2.88. The summed E-state index contributed by atoms with van der Waals surface area (Å²) in [5, 5.41) is 18.5. The molecule has 0 heterocycles. The summed E-state index contributed by atoms with van der Waals surface area (Å²) < 4.78 is 0. The summed E-state index contributed by atoms with van der Waals surface area (Å²) in [6, 6.07) is 0. The van der Waals surface area contributed by atoms with Crippen molar-refractivity contribution in [1.29, 1.82) is 0 Å². The molecular formula is C14H28O2S2. The van der Waals surface area contributed by atoms with Crippen LogP contribution in [0.25, 0.3) is 0 Å². The van der Waals surface area contributed by atoms with E-state index in [-0.39, 0.29) is 0 Å². The van der Waals surface area contributed by atoms with Gasteiger partial charge in [0.25, 0.3) is 0 Å². The molecule has 4 atom stereocenters. The molecule has 0 spiro atoms. The number of hydrogen-bond acceptors (Lipinski definition) is 4. The Morgan fingerprint density at radius 2 is 1.89 bits per heavy atom. The molecule has 1 aliphatic carbocycles. The quantitative estimate of drug-likeness (QED) is 0.675. The fraction of sp³-hybridized carbons (Fsp3) is 1.00. The molecule has 0 radical (unpaired) electrons. The molecule has 0 aromatic heterocycles. The first-order chi connectivity index (χ1) is 8.69. The molecule has 18 heavy (non-hydrogen) atoms. The van der Waals surface area contributed by atoms with Gasteiger partial charge in [0.1, 0.15) is 0 Å². The lowest BCUT2D eigenvalue weighted by molar-refractivity contribution is 0.244. The van der Waals surface area contributed by atoms with E-state index in [1.807, 2.05) is 23.5 Å². The van der Waals surface area contributed by atoms with Crippen LogP contribution in [-0.4, -0.2) is 45.9 Å². The molecule has 4 heteroatoms. The van der Waals surface area contributed by atoms with Crippen molar-refractivity contribution in [2.75, 3.05) is 30.5 Å². The molecule has 1 fully saturated rings. The van der Waals surface area contributed by atoms with E-state index in [1.54, 1.807) is 0 Å². The van der Waals surface area contributed by atoms with Crippen LogP contribution >= 0.6 is 23.5 Å². The molecule has 0 amide bonds. The van der Waals surface area contributed by atoms with E-state index >= 15 is 0 Å². The second-order valence-corrected chi connectivity index (χ2v) is 7.96. The minimum absolute atomic E-state index is 0.300. The third-order valence-corrected chi connectivity index (χ3v) is 6.74. The minimum Gasteiger partial charge on any atom is -0.396 e. The third-order valence-electron chi connectivity index (χ3n) is 4.01. The van der Waals surface area contributed by atoms with Gasteiger partial charge in [0.2, 0.25) is 0 Å². The second-order valence-electron chi connectivity index (χ2n) is 5.46. The SMILES string of the molecule is C[C@H](CSCCO)[C@@H]1CC[C@H](C)[C@@H](SCCO)C1. The van der Waals surface area contributed by atoms with Gasteiger partial charge in [-0.05, 0) is 42.8 Å². The van der Waals surface area contributed by atoms with Crippen LogP contribution in [0.2, 0.25) is 0 Å². The molecule has 2 N–H and O–H groups in total. The van der Waals surface area contributed by atoms with Crippen molar-refractivity contribution in [1.82, 2.24) is 0 Å². The lowest BCUT2D eigenvalue weighted by Crippen LogP contribution is -2.30. The highest BCUT2D eigenvalue weighted by Crippen LogP contribution is 2.40. The number of thioether (sulfide) groups is 2. The zero-order valence-electron chi connectivity index (χ0n) is 11.7. The van der Waals surface area contributed by atoms with Crippen molar-refractivity contribution in [2.45, 2.75) is 38.4 Å². The zero-order valence-corrected chi connectivity index (χ0v) is 13.3. The molecule has 1 rings (SSSR count). The summed E-state index contributed by atoms with van der Waals surface area (Å²) in [6.45, 7) is 5.32. The summed E-state index contributed by atoms with van der Waals surface area (Å²) in [7, 11) is 0. The smallest absolute Gasteiger partial charge is 0.0521 e. The van der Waals surface area contributed by atoms with E-state index < -0.39 is 0 Å². The van der Waals surface area contributed by atoms with Gasteiger partial charge < -0.3 is 10.2 Å². The van der Waals surface area contributed by atoms with Crippen LogP contribution in [0, 0.1) is 17.8 Å². The minimum atomic E-state index is 0.300. The van der Waals surface area contributed by atoms with Crippen molar-refractivity contribution >= 4 is 23.5 Å². The Balaban J connectivity index is 2.33. The fourth-order valence-corrected chi connectivity index (χ4v) is 4.93. The van der Waals surface area contributed by atoms with Crippen molar-refractivity contribution < 1.29 is 10.2 Å². The van der Waals surface area contributed by atoms with Gasteiger partial charge >= 0.3 is 0 Å². The van der Waals surface area contributed by atoms with Crippen LogP contribution in [0.3, 0.4) is 0 Å². The zero-order chi connectivity index (χ0) is 13.4. The molecule has 0 saturated heterocycles. The van der Waals surface area contributed by atoms with Crippen LogP contribution in [-0.2, 0) is 0 Å². The first kappa shape index (κ1) is 16.7. The highest BCUT2D eigenvalue weighted by molar-refractivity contribution is 8.00. The standard InChI is InChI=1S/C14H28O2S2/c1-11-3-4-13(9-14(11)18-8-6-16)12(2)10-17-7-5-15/h11-16H,3-10H2,1-2H3/t11-,12+,13+,14-/m0/s1. The van der Waals surface area contributed by atoms with E-state index in [0.29, 0.717) is 13.2 Å². The van der Waals surface area contributed by atoms with Crippen LogP contribution in [0.4, 0.5) is 0 Å². The molecule has 0 aromatic rings. The maximum atomic E-state index is 8.95. The number of hydrogen-bond donors (Lipinski definition) is 2. The average molecular weight is 293 g/mol. The molecule has 0 aliphatic heterocycles. The average Bonchev–Trinajstić information content (AvgIpc) is 2.38. The van der Waals surface area contributed by atoms with Gasteiger partial charge in [-0.2, -0.15) is 23.5 Å². The Morgan fingerprint density at radius 3 is 2.56 bits per heavy atom. The Kier molecular flexibility index (Phi) is 8.81. The van der Waals surface area contributed by atoms with Gasteiger partial charge in [-0.25, -0.2) is 0 Å². The van der Waals surface area contributed by atoms with Gasteiger partial charge in [0, 0.05) is 16.8 Å². The first-order valence-corrected chi connectivity index (χ1v) is 9.30. The van der Waals surface area contributed by atoms with E-state index in [4.69, 9.17) is 10.2 Å². The third kappa shape index (κ3) is 5.72. The van der Waals surface area contributed by atoms with Crippen LogP contribution < -0.4 is 0 Å². The normalized spacial score (nSPS) is 30.3. The number of rotatable bonds is 8. The Hall–Kier alpha value is 0.620. The molecule has 108 valence electrons. The second kappa shape index (κ2) is 9.51. The molecule has 1 saturated carbocycles. The van der Waals surface area contributed by atoms with Crippen molar-refractivity contribution in [3.05, 3.63) is 0 Å². The van der Waals surface area contributed by atoms with Crippen LogP contribution in [0.1, 0.15) is 33.1 Å². The van der Waals surface area contributed by atoms with Gasteiger partial charge in [0.05, 0.1) is 13.2 Å². The monoisotopic (exact) mass is 292 g/mol. The Labute approximate surface area is 120 Å². The van der Waals surface area contributed by atoms with E-state index in [9.17, 15) is 0 Å². The molecule has 1 aliphatic rings. The predicted molar refractivity (Wildman–Crippen MR) is 83.4 cm³/mol. The summed E-state index contributed by atoms with van der Waals surface area (Å²) >= 11 is 3.84. The van der Waals surface area contributed by atoms with Crippen molar-refractivity contribution in [3.63, 3.8) is 0 Å². The molecule has 0 unspecified atom stereocenters. The molecule has 0 bridgehead atoms. The van der Waals surface area contributed by atoms with E-state index in [1.165, 1.54) is 25.0 Å². The Bertz CT molecular complexity index is 214. The first-order valence-electron chi connectivity index (χ1n) is 7.10. The highest BCUT2D eigenvalue weighted by atomic mass is 32.2. The lowest BCUT2D eigenvalue weighted by Gasteiger charge is -2.36. The van der Waals surface area contributed by atoms with Crippen molar-refractivity contribution in [3.8, 4) is 0 Å². The van der Waals surface area contributed by atoms with Gasteiger partial charge in [-0.1, -0.05) is 13.8 Å². The van der Waals surface area contributed by atoms with Crippen molar-refractivity contribution in [2.24, 2.45) is 17.8 Å². The summed E-state index contributed by atoms with van der Waals surface area (Å²) in [5.41, 5.74) is 0. The topological polar surface area (TPSA) is 40.5 Å². The molecular weight excluding hydrogens is 264 g/mol. The van der Waals surface area contributed by atoms with Gasteiger partial charge in [0.15, 0.2) is 0 Å². The fourth-order valence-electron chi connectivity index (χ4n) is 2.73. The highest BCUT2D eigenvalue weighted by Gasteiger charge is 2.30. The lowest BCUT2D eigenvalue weighted by atomic mass is 9.77. The largest absolute Gasteiger partial charge is 0.396 e. The number of aliphatic hydroxyl groups excluding tert-OH is 2. The maximum absolute atomic E-state index is 8.95. The summed E-state index contributed by atoms with van der Waals surface area (Å²) in [4.78, 5) is 0. The molecule has 2 nitrogen and oxygen atoms in total. The van der Waals surface area contributed by atoms with Crippen LogP contribution in [0.15, 0.2) is 0 Å². The maximum Gasteiger partial charge on any atom is 0.0521 e. The van der Waals surface area contributed by atoms with Gasteiger partial charge in [-0.3, -0.25) is 0 Å². The van der Waals surface area contributed by atoms with E-state index in [0.717, 1.165) is 34.5 Å². The van der Waals surface area contributed by atoms with Gasteiger partial charge in [-0.15, -0.1) is 0 Å². The summed E-state index contributed by atoms with van der Waals surface area (Å²) in [5.74, 6) is 5.33. The van der Waals surface area contributed by atoms with Crippen LogP contribution in [0.5, 0.6) is 0 Å². The molecule has 0 aromatic carbocycles. The summed E-state index contributed by atoms with van der Waals surface area (Å²) in [6.07, 6.45) is 4.01. The van der Waals surface area contributed by atoms with E-state index in [2.05, 4.69) is 13.8 Å². The Morgan fingerprint density at radius 1 is 1.17 bits per heavy atom.